The highest BCUT2D eigenvalue weighted by molar-refractivity contribution is 9.09. The first-order valence-electron chi connectivity index (χ1n) is 6.35. The van der Waals surface area contributed by atoms with E-state index in [0.29, 0.717) is 10.7 Å². The van der Waals surface area contributed by atoms with Crippen LogP contribution in [-0.2, 0) is 0 Å². The Kier molecular flexibility index (Phi) is 6.51. The van der Waals surface area contributed by atoms with Crippen molar-refractivity contribution in [3.8, 4) is 0 Å². The van der Waals surface area contributed by atoms with E-state index < -0.39 is 0 Å². The number of halogens is 1. The predicted molar refractivity (Wildman–Crippen MR) is 89.6 cm³/mol. The van der Waals surface area contributed by atoms with Gasteiger partial charge < -0.3 is 0 Å². The monoisotopic (exact) mass is 326 g/mol. The van der Waals surface area contributed by atoms with Crippen molar-refractivity contribution < 1.29 is 0 Å². The third-order valence-electron chi connectivity index (χ3n) is 3.26. The molecule has 1 aliphatic carbocycles. The first-order valence-corrected chi connectivity index (χ1v) is 8.66. The second-order valence-corrected chi connectivity index (χ2v) is 6.97. The van der Waals surface area contributed by atoms with Gasteiger partial charge in [0.1, 0.15) is 0 Å². The third kappa shape index (κ3) is 4.47. The van der Waals surface area contributed by atoms with Crippen LogP contribution < -0.4 is 0 Å². The maximum Gasteiger partial charge on any atom is 0.0517 e. The first-order chi connectivity index (χ1) is 8.45. The number of thioether (sulfide) groups is 1. The van der Waals surface area contributed by atoms with Gasteiger partial charge in [-0.2, -0.15) is 11.8 Å². The van der Waals surface area contributed by atoms with Crippen LogP contribution in [-0.4, -0.2) is 16.8 Å². The summed E-state index contributed by atoms with van der Waals surface area (Å²) in [5.74, 6) is 1.71. The summed E-state index contributed by atoms with van der Waals surface area (Å²) in [6, 6.07) is 0. The maximum atomic E-state index is 4.08. The van der Waals surface area contributed by atoms with Crippen LogP contribution in [0.4, 0.5) is 0 Å². The van der Waals surface area contributed by atoms with Crippen molar-refractivity contribution in [2.75, 3.05) is 12.0 Å². The molecule has 0 spiro atoms. The summed E-state index contributed by atoms with van der Waals surface area (Å²) in [5.41, 5.74) is 5.29. The van der Waals surface area contributed by atoms with Gasteiger partial charge in [-0.25, -0.2) is 0 Å². The van der Waals surface area contributed by atoms with Crippen LogP contribution in [0.1, 0.15) is 27.2 Å². The molecule has 0 aromatic rings. The molecule has 1 rings (SSSR count). The average molecular weight is 327 g/mol. The van der Waals surface area contributed by atoms with E-state index in [1.54, 1.807) is 0 Å². The van der Waals surface area contributed by atoms with Gasteiger partial charge in [-0.3, -0.25) is 0 Å². The first kappa shape index (κ1) is 15.8. The van der Waals surface area contributed by atoms with E-state index in [-0.39, 0.29) is 0 Å². The van der Waals surface area contributed by atoms with Gasteiger partial charge in [-0.1, -0.05) is 58.8 Å². The van der Waals surface area contributed by atoms with Crippen molar-refractivity contribution >= 4 is 27.7 Å². The van der Waals surface area contributed by atoms with Gasteiger partial charge in [0.25, 0.3) is 0 Å². The highest BCUT2D eigenvalue weighted by Gasteiger charge is 2.14. The molecule has 2 atom stereocenters. The Bertz CT molecular complexity index is 401. The quantitative estimate of drug-likeness (QED) is 0.483. The molecular weight excluding hydrogens is 304 g/mol. The van der Waals surface area contributed by atoms with Gasteiger partial charge in [0.2, 0.25) is 0 Å². The van der Waals surface area contributed by atoms with Gasteiger partial charge in [0.15, 0.2) is 0 Å². The number of rotatable bonds is 4. The fourth-order valence-corrected chi connectivity index (χ4v) is 3.32. The maximum absolute atomic E-state index is 4.08. The van der Waals surface area contributed by atoms with Crippen LogP contribution in [0.25, 0.3) is 0 Å². The van der Waals surface area contributed by atoms with Crippen LogP contribution in [0, 0.1) is 5.92 Å². The second-order valence-electron chi connectivity index (χ2n) is 4.93. The number of alkyl halides is 1. The lowest BCUT2D eigenvalue weighted by molar-refractivity contribution is 0.798. The van der Waals surface area contributed by atoms with Crippen molar-refractivity contribution in [3.05, 3.63) is 47.1 Å². The number of hydrogen-bond acceptors (Lipinski definition) is 1. The summed E-state index contributed by atoms with van der Waals surface area (Å²) in [4.78, 5) is 0.312. The molecule has 2 unspecified atom stereocenters. The standard InChI is InChI=1S/C16H23BrS/c1-11(2)16-10-15(17)9-14(6-7-18-5)12(3)8-13(16)4/h8-10,12,15H,1,6-7H2,2-5H3/b13-8?,14-9-,16-10?. The van der Waals surface area contributed by atoms with E-state index >= 15 is 0 Å². The largest absolute Gasteiger partial charge is 0.165 e. The molecule has 0 heterocycles. The molecule has 0 aromatic carbocycles. The summed E-state index contributed by atoms with van der Waals surface area (Å²) >= 11 is 5.65. The molecule has 18 heavy (non-hydrogen) atoms. The van der Waals surface area contributed by atoms with Gasteiger partial charge in [0, 0.05) is 0 Å². The van der Waals surface area contributed by atoms with Gasteiger partial charge in [-0.05, 0) is 49.3 Å². The van der Waals surface area contributed by atoms with Crippen LogP contribution in [0.3, 0.4) is 0 Å². The van der Waals surface area contributed by atoms with E-state index in [9.17, 15) is 0 Å². The molecule has 100 valence electrons. The van der Waals surface area contributed by atoms with Crippen molar-refractivity contribution in [1.82, 2.24) is 0 Å². The summed E-state index contributed by atoms with van der Waals surface area (Å²) in [7, 11) is 0. The Morgan fingerprint density at radius 1 is 1.39 bits per heavy atom. The predicted octanol–water partition coefficient (Wildman–Crippen LogP) is 5.53. The molecule has 0 aromatic heterocycles. The van der Waals surface area contributed by atoms with Crippen LogP contribution in [0.15, 0.2) is 47.1 Å². The van der Waals surface area contributed by atoms with Gasteiger partial charge >= 0.3 is 0 Å². The van der Waals surface area contributed by atoms with E-state index in [1.807, 2.05) is 11.8 Å². The Morgan fingerprint density at radius 3 is 2.61 bits per heavy atom. The fraction of sp³-hybridized carbons (Fsp3) is 0.500. The van der Waals surface area contributed by atoms with Crippen molar-refractivity contribution in [3.63, 3.8) is 0 Å². The van der Waals surface area contributed by atoms with E-state index in [4.69, 9.17) is 0 Å². The van der Waals surface area contributed by atoms with Crippen molar-refractivity contribution in [1.29, 1.82) is 0 Å². The van der Waals surface area contributed by atoms with Crippen LogP contribution >= 0.6 is 27.7 Å². The van der Waals surface area contributed by atoms with E-state index in [2.05, 4.69) is 67.8 Å². The van der Waals surface area contributed by atoms with Gasteiger partial charge in [0.05, 0.1) is 4.83 Å². The fourth-order valence-electron chi connectivity index (χ4n) is 2.28. The molecule has 0 saturated carbocycles. The summed E-state index contributed by atoms with van der Waals surface area (Å²) in [5, 5.41) is 0. The van der Waals surface area contributed by atoms with Gasteiger partial charge in [-0.15, -0.1) is 0 Å². The lowest BCUT2D eigenvalue weighted by atomic mass is 9.89. The molecule has 2 heteroatoms. The molecule has 0 N–H and O–H groups in total. The third-order valence-corrected chi connectivity index (χ3v) is 4.40. The summed E-state index contributed by atoms with van der Waals surface area (Å²) < 4.78 is 0. The Balaban J connectivity index is 3.07. The molecule has 0 nitrogen and oxygen atoms in total. The molecule has 0 fully saturated rings. The van der Waals surface area contributed by atoms with Crippen molar-refractivity contribution in [2.45, 2.75) is 32.0 Å². The molecular formula is C16H23BrS. The Labute approximate surface area is 124 Å². The zero-order chi connectivity index (χ0) is 13.7. The second kappa shape index (κ2) is 7.40. The van der Waals surface area contributed by atoms with Crippen molar-refractivity contribution in [2.24, 2.45) is 5.92 Å². The molecule has 0 bridgehead atoms. The molecule has 0 radical (unpaired) electrons. The van der Waals surface area contributed by atoms with E-state index in [0.717, 1.165) is 5.57 Å². The SMILES string of the molecule is C=C(C)C1=CC(Br)/C=C(/CCSC)C(C)C=C1C. The number of allylic oxidation sites excluding steroid dienone is 7. The van der Waals surface area contributed by atoms with Crippen LogP contribution in [0.2, 0.25) is 0 Å². The normalized spacial score (nSPS) is 27.5. The molecule has 0 aliphatic heterocycles. The minimum atomic E-state index is 0.312. The molecule has 1 aliphatic rings. The zero-order valence-corrected chi connectivity index (χ0v) is 14.2. The zero-order valence-electron chi connectivity index (χ0n) is 11.8. The average Bonchev–Trinajstić information content (AvgIpc) is 2.29. The van der Waals surface area contributed by atoms with E-state index in [1.165, 1.54) is 28.9 Å². The molecule has 0 saturated heterocycles. The lowest BCUT2D eigenvalue weighted by Gasteiger charge is -2.20. The highest BCUT2D eigenvalue weighted by atomic mass is 79.9. The highest BCUT2D eigenvalue weighted by Crippen LogP contribution is 2.29. The smallest absolute Gasteiger partial charge is 0.0517 e. The lowest BCUT2D eigenvalue weighted by Crippen LogP contribution is -2.06. The summed E-state index contributed by atoms with van der Waals surface area (Å²) in [6.45, 7) is 10.6. The topological polar surface area (TPSA) is 0 Å². The minimum absolute atomic E-state index is 0.312. The molecule has 0 amide bonds. The van der Waals surface area contributed by atoms with Crippen LogP contribution in [0.5, 0.6) is 0 Å². The number of hydrogen-bond donors (Lipinski definition) is 0. The summed E-state index contributed by atoms with van der Waals surface area (Å²) in [6.07, 6.45) is 10.3. The minimum Gasteiger partial charge on any atom is -0.165 e. The Morgan fingerprint density at radius 2 is 2.06 bits per heavy atom. The Hall–Kier alpha value is -0.210.